The second kappa shape index (κ2) is 7.73. The lowest BCUT2D eigenvalue weighted by atomic mass is 10.2. The number of anilines is 2. The van der Waals surface area contributed by atoms with E-state index < -0.39 is 0 Å². The maximum atomic E-state index is 12.7. The topological polar surface area (TPSA) is 87.9 Å². The highest BCUT2D eigenvalue weighted by Crippen LogP contribution is 2.30. The van der Waals surface area contributed by atoms with Gasteiger partial charge in [-0.25, -0.2) is 9.78 Å². The number of rotatable bonds is 6. The van der Waals surface area contributed by atoms with Crippen LogP contribution in [0.3, 0.4) is 0 Å². The first-order chi connectivity index (χ1) is 13.7. The van der Waals surface area contributed by atoms with Crippen LogP contribution >= 0.6 is 11.3 Å². The summed E-state index contributed by atoms with van der Waals surface area (Å²) in [5.74, 6) is 0.963. The van der Waals surface area contributed by atoms with Crippen LogP contribution in [0.25, 0.3) is 11.5 Å². The fraction of sp³-hybridized carbons (Fsp3) is 0.211. The van der Waals surface area contributed by atoms with E-state index in [1.807, 2.05) is 18.2 Å². The van der Waals surface area contributed by atoms with Gasteiger partial charge in [-0.15, -0.1) is 11.3 Å². The van der Waals surface area contributed by atoms with Gasteiger partial charge in [0.2, 0.25) is 5.91 Å². The summed E-state index contributed by atoms with van der Waals surface area (Å²) >= 11 is 1.30. The van der Waals surface area contributed by atoms with Crippen LogP contribution in [0.15, 0.2) is 52.5 Å². The molecule has 1 aliphatic heterocycles. The van der Waals surface area contributed by atoms with Crippen LogP contribution in [0.2, 0.25) is 0 Å². The van der Waals surface area contributed by atoms with E-state index in [2.05, 4.69) is 10.3 Å². The Labute approximate surface area is 165 Å². The number of nitrogens with one attached hydrogen (secondary N) is 1. The van der Waals surface area contributed by atoms with Gasteiger partial charge >= 0.3 is 6.03 Å². The molecule has 0 aliphatic carbocycles. The van der Waals surface area contributed by atoms with E-state index >= 15 is 0 Å². The molecule has 28 heavy (non-hydrogen) atoms. The number of nitrogens with zero attached hydrogens (tertiary/aromatic N) is 3. The number of aromatic nitrogens is 1. The Morgan fingerprint density at radius 1 is 1.29 bits per heavy atom. The molecule has 3 aromatic rings. The summed E-state index contributed by atoms with van der Waals surface area (Å²) in [5, 5.41) is 5.01. The maximum absolute atomic E-state index is 12.7. The highest BCUT2D eigenvalue weighted by Gasteiger charge is 2.32. The van der Waals surface area contributed by atoms with Crippen molar-refractivity contribution in [1.82, 2.24) is 9.88 Å². The Morgan fingerprint density at radius 2 is 2.14 bits per heavy atom. The lowest BCUT2D eigenvalue weighted by molar-refractivity contribution is -0.116. The van der Waals surface area contributed by atoms with Gasteiger partial charge in [-0.05, 0) is 24.3 Å². The van der Waals surface area contributed by atoms with E-state index in [9.17, 15) is 9.59 Å². The Hall–Kier alpha value is -3.33. The SMILES string of the molecule is COc1ccccc1N1CCN(CC(=O)Nc2nc(-c3ccco3)cs2)C1=O. The molecule has 0 saturated carbocycles. The van der Waals surface area contributed by atoms with Gasteiger partial charge in [-0.3, -0.25) is 9.69 Å². The molecule has 3 amide bonds. The van der Waals surface area contributed by atoms with Gasteiger partial charge in [0.15, 0.2) is 10.9 Å². The molecule has 1 saturated heterocycles. The standard InChI is InChI=1S/C19H18N4O4S/c1-26-16-6-3-2-5-14(16)23-9-8-22(19(23)25)11-17(24)21-18-20-13(12-28-18)15-7-4-10-27-15/h2-7,10,12H,8-9,11H2,1H3,(H,20,21,24). The predicted octanol–water partition coefficient (Wildman–Crippen LogP) is 3.29. The van der Waals surface area contributed by atoms with Crippen molar-refractivity contribution in [3.8, 4) is 17.2 Å². The summed E-state index contributed by atoms with van der Waals surface area (Å²) in [7, 11) is 1.57. The number of hydrogen-bond acceptors (Lipinski definition) is 6. The highest BCUT2D eigenvalue weighted by molar-refractivity contribution is 7.14. The highest BCUT2D eigenvalue weighted by atomic mass is 32.1. The van der Waals surface area contributed by atoms with E-state index in [-0.39, 0.29) is 18.5 Å². The van der Waals surface area contributed by atoms with Crippen LogP contribution in [0.4, 0.5) is 15.6 Å². The third kappa shape index (κ3) is 3.56. The number of ether oxygens (including phenoxy) is 1. The summed E-state index contributed by atoms with van der Waals surface area (Å²) in [6.07, 6.45) is 1.57. The van der Waals surface area contributed by atoms with E-state index in [1.54, 1.807) is 41.9 Å². The van der Waals surface area contributed by atoms with Crippen LogP contribution in [0, 0.1) is 0 Å². The fourth-order valence-corrected chi connectivity index (χ4v) is 3.72. The molecule has 0 atom stereocenters. The van der Waals surface area contributed by atoms with E-state index in [0.29, 0.717) is 41.1 Å². The minimum Gasteiger partial charge on any atom is -0.495 e. The second-order valence-corrected chi connectivity index (χ2v) is 6.95. The Morgan fingerprint density at radius 3 is 2.93 bits per heavy atom. The molecular formula is C19H18N4O4S. The zero-order valence-corrected chi connectivity index (χ0v) is 15.9. The van der Waals surface area contributed by atoms with E-state index in [4.69, 9.17) is 9.15 Å². The minimum atomic E-state index is -0.296. The molecule has 1 N–H and O–H groups in total. The molecule has 144 valence electrons. The summed E-state index contributed by atoms with van der Waals surface area (Å²) in [6, 6.07) is 10.7. The average Bonchev–Trinajstić information content (AvgIpc) is 3.44. The zero-order valence-electron chi connectivity index (χ0n) is 15.1. The third-order valence-corrected chi connectivity index (χ3v) is 5.09. The molecule has 1 aliphatic rings. The number of carbonyl (C=O) groups is 2. The summed E-state index contributed by atoms with van der Waals surface area (Å²) in [6.45, 7) is 0.909. The van der Waals surface area contributed by atoms with Crippen molar-refractivity contribution in [2.24, 2.45) is 0 Å². The lowest BCUT2D eigenvalue weighted by Gasteiger charge is -2.20. The van der Waals surface area contributed by atoms with Gasteiger partial charge in [-0.2, -0.15) is 0 Å². The monoisotopic (exact) mass is 398 g/mol. The van der Waals surface area contributed by atoms with Crippen molar-refractivity contribution in [3.05, 3.63) is 48.0 Å². The van der Waals surface area contributed by atoms with Gasteiger partial charge in [0.1, 0.15) is 18.0 Å². The van der Waals surface area contributed by atoms with Crippen molar-refractivity contribution in [1.29, 1.82) is 0 Å². The quantitative estimate of drug-likeness (QED) is 0.688. The predicted molar refractivity (Wildman–Crippen MR) is 106 cm³/mol. The number of urea groups is 1. The number of benzene rings is 1. The number of amides is 3. The van der Waals surface area contributed by atoms with Gasteiger partial charge < -0.3 is 19.4 Å². The minimum absolute atomic E-state index is 0.0415. The Bertz CT molecular complexity index is 986. The molecule has 3 heterocycles. The van der Waals surface area contributed by atoms with Gasteiger partial charge in [0.05, 0.1) is 19.1 Å². The molecule has 0 radical (unpaired) electrons. The van der Waals surface area contributed by atoms with Crippen molar-refractivity contribution in [2.45, 2.75) is 0 Å². The molecule has 1 fully saturated rings. The molecule has 0 unspecified atom stereocenters. The summed E-state index contributed by atoms with van der Waals surface area (Å²) < 4.78 is 10.6. The maximum Gasteiger partial charge on any atom is 0.325 e. The van der Waals surface area contributed by atoms with Crippen LogP contribution in [0.5, 0.6) is 5.75 Å². The Balaban J connectivity index is 1.38. The van der Waals surface area contributed by atoms with Crippen LogP contribution in [0.1, 0.15) is 0 Å². The van der Waals surface area contributed by atoms with Crippen molar-refractivity contribution < 1.29 is 18.7 Å². The van der Waals surface area contributed by atoms with Crippen LogP contribution < -0.4 is 15.0 Å². The molecular weight excluding hydrogens is 380 g/mol. The first-order valence-electron chi connectivity index (χ1n) is 8.64. The van der Waals surface area contributed by atoms with E-state index in [0.717, 1.165) is 0 Å². The van der Waals surface area contributed by atoms with Crippen molar-refractivity contribution in [2.75, 3.05) is 37.0 Å². The van der Waals surface area contributed by atoms with Crippen LogP contribution in [-0.4, -0.2) is 48.6 Å². The van der Waals surface area contributed by atoms with Gasteiger partial charge in [0.25, 0.3) is 0 Å². The average molecular weight is 398 g/mol. The number of furan rings is 1. The molecule has 1 aromatic carbocycles. The smallest absolute Gasteiger partial charge is 0.325 e. The first-order valence-corrected chi connectivity index (χ1v) is 9.52. The largest absolute Gasteiger partial charge is 0.495 e. The van der Waals surface area contributed by atoms with Gasteiger partial charge in [-0.1, -0.05) is 12.1 Å². The number of hydrogen-bond donors (Lipinski definition) is 1. The normalized spacial score (nSPS) is 13.8. The van der Waals surface area contributed by atoms with E-state index in [1.165, 1.54) is 16.2 Å². The second-order valence-electron chi connectivity index (χ2n) is 6.09. The number of methoxy groups -OCH3 is 1. The van der Waals surface area contributed by atoms with Crippen LogP contribution in [-0.2, 0) is 4.79 Å². The van der Waals surface area contributed by atoms with Crippen molar-refractivity contribution in [3.63, 3.8) is 0 Å². The molecule has 0 spiro atoms. The molecule has 4 rings (SSSR count). The zero-order chi connectivity index (χ0) is 19.5. The molecule has 0 bridgehead atoms. The Kier molecular flexibility index (Phi) is 4.98. The molecule has 9 heteroatoms. The van der Waals surface area contributed by atoms with Gasteiger partial charge in [0, 0.05) is 18.5 Å². The summed E-state index contributed by atoms with van der Waals surface area (Å²) in [5.41, 5.74) is 1.35. The van der Waals surface area contributed by atoms with Crippen molar-refractivity contribution >= 4 is 34.1 Å². The number of carbonyl (C=O) groups excluding carboxylic acids is 2. The third-order valence-electron chi connectivity index (χ3n) is 4.33. The lowest BCUT2D eigenvalue weighted by Crippen LogP contribution is -2.37. The molecule has 8 nitrogen and oxygen atoms in total. The first kappa shape index (κ1) is 18.1. The fourth-order valence-electron chi connectivity index (χ4n) is 3.01. The number of para-hydroxylation sites is 2. The molecule has 2 aromatic heterocycles. The number of thiazole rings is 1. The summed E-state index contributed by atoms with van der Waals surface area (Å²) in [4.78, 5) is 32.5.